The molecule has 37 heavy (non-hydrogen) atoms. The molecule has 3 aromatic rings. The van der Waals surface area contributed by atoms with Gasteiger partial charge in [-0.1, -0.05) is 17.7 Å². The van der Waals surface area contributed by atoms with Crippen LogP contribution in [0.3, 0.4) is 0 Å². The third-order valence-electron chi connectivity index (χ3n) is 4.98. The van der Waals surface area contributed by atoms with E-state index in [2.05, 4.69) is 20.9 Å². The van der Waals surface area contributed by atoms with Crippen molar-refractivity contribution in [2.24, 2.45) is 5.73 Å². The molecule has 0 aliphatic heterocycles. The lowest BCUT2D eigenvalue weighted by molar-refractivity contribution is -0.122. The Balaban J connectivity index is 1.45. The maximum absolute atomic E-state index is 13.3. The molecule has 0 spiro atoms. The predicted molar refractivity (Wildman–Crippen MR) is 134 cm³/mol. The zero-order chi connectivity index (χ0) is 26.8. The van der Waals surface area contributed by atoms with Crippen molar-refractivity contribution in [2.75, 3.05) is 23.8 Å². The Morgan fingerprint density at radius 1 is 1.11 bits per heavy atom. The van der Waals surface area contributed by atoms with E-state index in [1.165, 1.54) is 30.5 Å². The molecule has 0 aliphatic rings. The quantitative estimate of drug-likeness (QED) is 0.293. The number of amides is 3. The van der Waals surface area contributed by atoms with Crippen molar-refractivity contribution in [3.8, 4) is 11.8 Å². The summed E-state index contributed by atoms with van der Waals surface area (Å²) >= 11 is 6.05. The second-order valence-electron chi connectivity index (χ2n) is 7.82. The highest BCUT2D eigenvalue weighted by Gasteiger charge is 2.15. The molecule has 1 atom stereocenters. The number of rotatable bonds is 10. The lowest BCUT2D eigenvalue weighted by Crippen LogP contribution is -2.42. The summed E-state index contributed by atoms with van der Waals surface area (Å²) in [5, 5.41) is 17.0. The highest BCUT2D eigenvalue weighted by atomic mass is 35.5. The Hall–Kier alpha value is -4.27. The fourth-order valence-electron chi connectivity index (χ4n) is 3.14. The zero-order valence-corrected chi connectivity index (χ0v) is 20.2. The van der Waals surface area contributed by atoms with Gasteiger partial charge in [-0.2, -0.15) is 5.26 Å². The van der Waals surface area contributed by atoms with E-state index in [1.807, 2.05) is 6.07 Å². The molecular weight excluding hydrogens is 506 g/mol. The summed E-state index contributed by atoms with van der Waals surface area (Å²) in [6, 6.07) is 11.5. The van der Waals surface area contributed by atoms with Crippen molar-refractivity contribution in [3.05, 3.63) is 82.5 Å². The van der Waals surface area contributed by atoms with Gasteiger partial charge in [0, 0.05) is 17.8 Å². The SMILES string of the molecule is N#Cc1ccc(NC(=O)Nc2cc(Cl)ccc2OCCCNC(=O)C(N)Cc2ccc(F)c(F)c2)nc1. The average Bonchev–Trinajstić information content (AvgIpc) is 2.87. The van der Waals surface area contributed by atoms with Crippen molar-refractivity contribution in [1.82, 2.24) is 10.3 Å². The first kappa shape index (κ1) is 27.3. The highest BCUT2D eigenvalue weighted by molar-refractivity contribution is 6.31. The first-order valence-electron chi connectivity index (χ1n) is 11.1. The molecule has 1 unspecified atom stereocenters. The van der Waals surface area contributed by atoms with Crippen molar-refractivity contribution in [1.29, 1.82) is 5.26 Å². The van der Waals surface area contributed by atoms with Gasteiger partial charge in [0.2, 0.25) is 5.91 Å². The maximum atomic E-state index is 13.3. The maximum Gasteiger partial charge on any atom is 0.324 e. The number of hydrogen-bond donors (Lipinski definition) is 4. The molecule has 9 nitrogen and oxygen atoms in total. The van der Waals surface area contributed by atoms with Crippen LogP contribution in [0.25, 0.3) is 0 Å². The van der Waals surface area contributed by atoms with Crippen LogP contribution in [-0.2, 0) is 11.2 Å². The van der Waals surface area contributed by atoms with E-state index < -0.39 is 29.6 Å². The standard InChI is InChI=1S/C25H23ClF2N6O3/c26-17-4-6-22(21(12-17)33-25(36)34-23-7-3-16(13-29)14-32-23)37-9-1-8-31-24(35)20(30)11-15-2-5-18(27)19(28)10-15/h2-7,10,12,14,20H,1,8-9,11,30H2,(H,31,35)(H2,32,33,34,36). The van der Waals surface area contributed by atoms with Crippen LogP contribution in [0.15, 0.2) is 54.7 Å². The molecule has 2 aromatic carbocycles. The van der Waals surface area contributed by atoms with Crippen LogP contribution in [0, 0.1) is 23.0 Å². The fourth-order valence-corrected chi connectivity index (χ4v) is 3.31. The highest BCUT2D eigenvalue weighted by Crippen LogP contribution is 2.28. The molecule has 0 fully saturated rings. The van der Waals surface area contributed by atoms with Crippen molar-refractivity contribution >= 4 is 35.0 Å². The van der Waals surface area contributed by atoms with Crippen molar-refractivity contribution < 1.29 is 23.1 Å². The number of benzene rings is 2. The second-order valence-corrected chi connectivity index (χ2v) is 8.25. The van der Waals surface area contributed by atoms with Crippen LogP contribution >= 0.6 is 11.6 Å². The molecule has 0 saturated carbocycles. The number of urea groups is 1. The molecule has 0 radical (unpaired) electrons. The van der Waals surface area contributed by atoms with Gasteiger partial charge < -0.3 is 21.1 Å². The van der Waals surface area contributed by atoms with E-state index in [0.717, 1.165) is 12.1 Å². The van der Waals surface area contributed by atoms with Crippen LogP contribution in [0.4, 0.5) is 25.1 Å². The van der Waals surface area contributed by atoms with Crippen molar-refractivity contribution in [3.63, 3.8) is 0 Å². The molecule has 12 heteroatoms. The van der Waals surface area contributed by atoms with Crippen LogP contribution in [0.5, 0.6) is 5.75 Å². The lowest BCUT2D eigenvalue weighted by Gasteiger charge is -2.15. The van der Waals surface area contributed by atoms with Gasteiger partial charge in [-0.05, 0) is 60.9 Å². The Morgan fingerprint density at radius 2 is 1.92 bits per heavy atom. The minimum Gasteiger partial charge on any atom is -0.491 e. The van der Waals surface area contributed by atoms with Gasteiger partial charge >= 0.3 is 6.03 Å². The summed E-state index contributed by atoms with van der Waals surface area (Å²) in [4.78, 5) is 28.5. The van der Waals surface area contributed by atoms with Gasteiger partial charge in [0.1, 0.15) is 17.6 Å². The summed E-state index contributed by atoms with van der Waals surface area (Å²) in [5.74, 6) is -1.80. The van der Waals surface area contributed by atoms with Crippen LogP contribution < -0.4 is 26.4 Å². The van der Waals surface area contributed by atoms with E-state index in [1.54, 1.807) is 12.1 Å². The van der Waals surface area contributed by atoms with Gasteiger partial charge in [0.25, 0.3) is 0 Å². The molecule has 0 saturated heterocycles. The van der Waals surface area contributed by atoms with Crippen LogP contribution in [0.1, 0.15) is 17.5 Å². The average molecular weight is 529 g/mol. The largest absolute Gasteiger partial charge is 0.491 e. The number of nitriles is 1. The lowest BCUT2D eigenvalue weighted by atomic mass is 10.1. The van der Waals surface area contributed by atoms with E-state index in [-0.39, 0.29) is 25.4 Å². The zero-order valence-electron chi connectivity index (χ0n) is 19.4. The number of hydrogen-bond acceptors (Lipinski definition) is 6. The number of carbonyl (C=O) groups is 2. The summed E-state index contributed by atoms with van der Waals surface area (Å²) in [7, 11) is 0. The Bertz CT molecular complexity index is 1300. The van der Waals surface area contributed by atoms with Gasteiger partial charge in [-0.3, -0.25) is 10.1 Å². The number of carbonyl (C=O) groups excluding carboxylic acids is 2. The topological polar surface area (TPSA) is 142 Å². The number of nitrogens with two attached hydrogens (primary N) is 1. The molecule has 192 valence electrons. The number of anilines is 2. The Labute approximate surface area is 216 Å². The molecule has 0 aliphatic carbocycles. The summed E-state index contributed by atoms with van der Waals surface area (Å²) in [5.41, 5.74) is 6.94. The van der Waals surface area contributed by atoms with Crippen LogP contribution in [0.2, 0.25) is 5.02 Å². The third kappa shape index (κ3) is 8.42. The molecule has 3 rings (SSSR count). The van der Waals surface area contributed by atoms with E-state index >= 15 is 0 Å². The van der Waals surface area contributed by atoms with Gasteiger partial charge in [-0.15, -0.1) is 0 Å². The van der Waals surface area contributed by atoms with E-state index in [9.17, 15) is 18.4 Å². The van der Waals surface area contributed by atoms with Crippen LogP contribution in [-0.4, -0.2) is 36.1 Å². The second kappa shape index (κ2) is 13.2. The molecule has 3 amide bonds. The third-order valence-corrected chi connectivity index (χ3v) is 5.21. The number of pyridine rings is 1. The molecule has 1 aromatic heterocycles. The first-order chi connectivity index (χ1) is 17.7. The Morgan fingerprint density at radius 3 is 2.62 bits per heavy atom. The monoisotopic (exact) mass is 528 g/mol. The van der Waals surface area contributed by atoms with Gasteiger partial charge in [-0.25, -0.2) is 18.6 Å². The number of nitrogens with one attached hydrogen (secondary N) is 3. The summed E-state index contributed by atoms with van der Waals surface area (Å²) < 4.78 is 32.1. The molecule has 1 heterocycles. The number of aromatic nitrogens is 1. The molecule has 0 bridgehead atoms. The summed E-state index contributed by atoms with van der Waals surface area (Å²) in [6.07, 6.45) is 1.81. The molecular formula is C25H23ClF2N6O3. The van der Waals surface area contributed by atoms with Crippen molar-refractivity contribution in [2.45, 2.75) is 18.9 Å². The number of halogens is 3. The summed E-state index contributed by atoms with van der Waals surface area (Å²) in [6.45, 7) is 0.458. The van der Waals surface area contributed by atoms with E-state index in [0.29, 0.717) is 34.0 Å². The van der Waals surface area contributed by atoms with Gasteiger partial charge in [0.15, 0.2) is 11.6 Å². The normalized spacial score (nSPS) is 11.2. The Kier molecular flexibility index (Phi) is 9.71. The first-order valence-corrected chi connectivity index (χ1v) is 11.5. The minimum absolute atomic E-state index is 0.0549. The fraction of sp³-hybridized carbons (Fsp3) is 0.200. The number of nitrogens with zero attached hydrogens (tertiary/aromatic N) is 2. The van der Waals surface area contributed by atoms with E-state index in [4.69, 9.17) is 27.3 Å². The predicted octanol–water partition coefficient (Wildman–Crippen LogP) is 3.98. The van der Waals surface area contributed by atoms with Gasteiger partial charge in [0.05, 0.1) is 23.9 Å². The number of ether oxygens (including phenoxy) is 1. The smallest absolute Gasteiger partial charge is 0.324 e. The molecule has 5 N–H and O–H groups in total. The minimum atomic E-state index is -0.998.